The third kappa shape index (κ3) is 5.18. The monoisotopic (exact) mass is 535 g/mol. The van der Waals surface area contributed by atoms with Crippen molar-refractivity contribution in [2.45, 2.75) is 62.6 Å². The number of aryl methyl sites for hydroxylation is 1. The van der Waals surface area contributed by atoms with Crippen LogP contribution in [-0.4, -0.2) is 21.2 Å². The molecule has 1 heterocycles. The van der Waals surface area contributed by atoms with E-state index < -0.39 is 0 Å². The molecule has 5 nitrogen and oxygen atoms in total. The summed E-state index contributed by atoms with van der Waals surface area (Å²) in [6, 6.07) is 26.2. The molecule has 6 heteroatoms. The summed E-state index contributed by atoms with van der Waals surface area (Å²) in [7, 11) is 0. The summed E-state index contributed by atoms with van der Waals surface area (Å²) in [4.78, 5) is 32.6. The first-order valence-electron chi connectivity index (χ1n) is 13.8. The molecule has 1 spiro atoms. The van der Waals surface area contributed by atoms with E-state index >= 15 is 0 Å². The number of nitrogens with zero attached hydrogens (tertiary/aromatic N) is 2. The van der Waals surface area contributed by atoms with E-state index in [1.54, 1.807) is 0 Å². The number of rotatable bonds is 6. The number of thioether (sulfide) groups is 1. The molecule has 1 saturated carbocycles. The van der Waals surface area contributed by atoms with Crippen LogP contribution in [0, 0.1) is 6.92 Å². The molecule has 1 amide bonds. The Kier molecular flexibility index (Phi) is 7.13. The maximum absolute atomic E-state index is 14.5. The number of aromatic nitrogens is 2. The van der Waals surface area contributed by atoms with Crippen molar-refractivity contribution in [3.8, 4) is 11.3 Å². The Hall–Kier alpha value is -3.64. The predicted octanol–water partition coefficient (Wildman–Crippen LogP) is 6.76. The Morgan fingerprint density at radius 2 is 1.67 bits per heavy atom. The van der Waals surface area contributed by atoms with Crippen molar-refractivity contribution in [3.63, 3.8) is 0 Å². The second-order valence-electron chi connectivity index (χ2n) is 10.9. The fourth-order valence-corrected chi connectivity index (χ4v) is 6.99. The first kappa shape index (κ1) is 25.6. The molecule has 198 valence electrons. The van der Waals surface area contributed by atoms with Gasteiger partial charge >= 0.3 is 0 Å². The second kappa shape index (κ2) is 10.9. The molecular formula is C33H33N3O2S. The van der Waals surface area contributed by atoms with Crippen molar-refractivity contribution < 1.29 is 4.79 Å². The Bertz CT molecular complexity index is 1550. The molecule has 2 aliphatic rings. The Morgan fingerprint density at radius 3 is 2.44 bits per heavy atom. The largest absolute Gasteiger partial charge is 0.325 e. The topological polar surface area (TPSA) is 64.0 Å². The van der Waals surface area contributed by atoms with Gasteiger partial charge in [-0.2, -0.15) is 0 Å². The quantitative estimate of drug-likeness (QED) is 0.219. The van der Waals surface area contributed by atoms with E-state index in [-0.39, 0.29) is 22.6 Å². The second-order valence-corrected chi connectivity index (χ2v) is 11.8. The van der Waals surface area contributed by atoms with E-state index in [4.69, 9.17) is 4.98 Å². The van der Waals surface area contributed by atoms with Crippen molar-refractivity contribution >= 4 is 23.4 Å². The van der Waals surface area contributed by atoms with Crippen LogP contribution in [0.5, 0.6) is 0 Å². The van der Waals surface area contributed by atoms with Gasteiger partial charge in [-0.1, -0.05) is 103 Å². The number of amides is 1. The highest BCUT2D eigenvalue weighted by Gasteiger charge is 2.43. The summed E-state index contributed by atoms with van der Waals surface area (Å²) >= 11 is 1.33. The molecule has 0 bridgehead atoms. The SMILES string of the molecule is Cc1ccc(NC(=O)CSc2nc3c(c(=O)n2Cc2ccccc2)C2(CCCCC2)Cc2ccccc2-3)cc1. The lowest BCUT2D eigenvalue weighted by molar-refractivity contribution is -0.113. The van der Waals surface area contributed by atoms with E-state index in [0.29, 0.717) is 11.7 Å². The van der Waals surface area contributed by atoms with Crippen molar-refractivity contribution in [2.75, 3.05) is 11.1 Å². The number of hydrogen-bond donors (Lipinski definition) is 1. The zero-order valence-electron chi connectivity index (χ0n) is 22.3. The zero-order valence-corrected chi connectivity index (χ0v) is 23.1. The molecule has 0 saturated heterocycles. The Morgan fingerprint density at radius 1 is 0.949 bits per heavy atom. The van der Waals surface area contributed by atoms with Crippen LogP contribution in [0.15, 0.2) is 88.8 Å². The molecule has 0 unspecified atom stereocenters. The number of anilines is 1. The maximum atomic E-state index is 14.5. The molecule has 1 N–H and O–H groups in total. The molecule has 6 rings (SSSR count). The van der Waals surface area contributed by atoms with Gasteiger partial charge in [0.2, 0.25) is 5.91 Å². The van der Waals surface area contributed by atoms with Gasteiger partial charge in [0.15, 0.2) is 5.16 Å². The summed E-state index contributed by atoms with van der Waals surface area (Å²) in [5, 5.41) is 3.56. The van der Waals surface area contributed by atoms with Crippen molar-refractivity contribution in [1.82, 2.24) is 9.55 Å². The molecule has 0 atom stereocenters. The zero-order chi connectivity index (χ0) is 26.8. The molecule has 0 radical (unpaired) electrons. The fraction of sp³-hybridized carbons (Fsp3) is 0.303. The van der Waals surface area contributed by atoms with Gasteiger partial charge in [0, 0.05) is 16.7 Å². The van der Waals surface area contributed by atoms with E-state index in [1.807, 2.05) is 72.2 Å². The number of benzene rings is 3. The summed E-state index contributed by atoms with van der Waals surface area (Å²) in [5.41, 5.74) is 6.84. The molecular weight excluding hydrogens is 502 g/mol. The average molecular weight is 536 g/mol. The third-order valence-corrected chi connectivity index (χ3v) is 9.10. The molecule has 1 fully saturated rings. The molecule has 3 aromatic carbocycles. The van der Waals surface area contributed by atoms with Crippen molar-refractivity contribution in [2.24, 2.45) is 0 Å². The van der Waals surface area contributed by atoms with Gasteiger partial charge < -0.3 is 5.32 Å². The number of fused-ring (bicyclic) bond motifs is 4. The number of nitrogens with one attached hydrogen (secondary N) is 1. The highest BCUT2D eigenvalue weighted by molar-refractivity contribution is 7.99. The minimum Gasteiger partial charge on any atom is -0.325 e. The lowest BCUT2D eigenvalue weighted by Crippen LogP contribution is -2.43. The van der Waals surface area contributed by atoms with Crippen LogP contribution in [0.2, 0.25) is 0 Å². The Labute approximate surface area is 233 Å². The molecule has 39 heavy (non-hydrogen) atoms. The standard InChI is InChI=1S/C33H33N3O2S/c1-23-14-16-26(17-15-23)34-28(37)22-39-32-35-30-27-13-7-6-12-25(27)20-33(18-8-3-9-19-33)29(30)31(38)36(32)21-24-10-4-2-5-11-24/h2,4-7,10-17H,3,8-9,18-22H2,1H3,(H,34,37). The van der Waals surface area contributed by atoms with Gasteiger partial charge in [0.1, 0.15) is 0 Å². The molecule has 1 aromatic heterocycles. The highest BCUT2D eigenvalue weighted by atomic mass is 32.2. The number of hydrogen-bond acceptors (Lipinski definition) is 4. The third-order valence-electron chi connectivity index (χ3n) is 8.13. The highest BCUT2D eigenvalue weighted by Crippen LogP contribution is 2.48. The minimum atomic E-state index is -0.170. The lowest BCUT2D eigenvalue weighted by atomic mass is 9.62. The van der Waals surface area contributed by atoms with Crippen LogP contribution >= 0.6 is 11.8 Å². The molecule has 0 aliphatic heterocycles. The van der Waals surface area contributed by atoms with Gasteiger partial charge in [-0.15, -0.1) is 0 Å². The van der Waals surface area contributed by atoms with Crippen molar-refractivity contribution in [1.29, 1.82) is 0 Å². The first-order chi connectivity index (χ1) is 19.0. The first-order valence-corrected chi connectivity index (χ1v) is 14.8. The normalized spacial score (nSPS) is 15.4. The van der Waals surface area contributed by atoms with Crippen molar-refractivity contribution in [3.05, 3.63) is 111 Å². The van der Waals surface area contributed by atoms with Crippen LogP contribution in [0.1, 0.15) is 54.4 Å². The Balaban J connectivity index is 1.42. The average Bonchev–Trinajstić information content (AvgIpc) is 2.95. The van der Waals surface area contributed by atoms with E-state index in [2.05, 4.69) is 23.5 Å². The van der Waals surface area contributed by atoms with Gasteiger partial charge in [-0.3, -0.25) is 14.2 Å². The van der Waals surface area contributed by atoms with Crippen LogP contribution in [0.25, 0.3) is 11.3 Å². The smallest absolute Gasteiger partial charge is 0.258 e. The molecule has 4 aromatic rings. The fourth-order valence-electron chi connectivity index (χ4n) is 6.20. The summed E-state index contributed by atoms with van der Waals surface area (Å²) in [6.45, 7) is 2.45. The van der Waals surface area contributed by atoms with Gasteiger partial charge in [0.05, 0.1) is 23.6 Å². The van der Waals surface area contributed by atoms with Gasteiger partial charge in [-0.25, -0.2) is 4.98 Å². The summed E-state index contributed by atoms with van der Waals surface area (Å²) in [6.07, 6.45) is 6.41. The minimum absolute atomic E-state index is 0.0432. The predicted molar refractivity (Wildman–Crippen MR) is 158 cm³/mol. The van der Waals surface area contributed by atoms with Gasteiger partial charge in [0.25, 0.3) is 5.56 Å². The van der Waals surface area contributed by atoms with E-state index in [1.165, 1.54) is 23.7 Å². The van der Waals surface area contributed by atoms with E-state index in [0.717, 1.165) is 65.7 Å². The van der Waals surface area contributed by atoms with Crippen LogP contribution in [0.4, 0.5) is 5.69 Å². The van der Waals surface area contributed by atoms with E-state index in [9.17, 15) is 9.59 Å². The number of carbonyl (C=O) groups is 1. The van der Waals surface area contributed by atoms with Crippen LogP contribution in [0.3, 0.4) is 0 Å². The maximum Gasteiger partial charge on any atom is 0.258 e. The van der Waals surface area contributed by atoms with Crippen LogP contribution in [-0.2, 0) is 23.2 Å². The van der Waals surface area contributed by atoms with Crippen LogP contribution < -0.4 is 10.9 Å². The molecule has 2 aliphatic carbocycles. The van der Waals surface area contributed by atoms with Gasteiger partial charge in [-0.05, 0) is 49.4 Å². The lowest BCUT2D eigenvalue weighted by Gasteiger charge is -2.42. The summed E-state index contributed by atoms with van der Waals surface area (Å²) in [5.74, 6) is 0.0481. The summed E-state index contributed by atoms with van der Waals surface area (Å²) < 4.78 is 1.81. The number of carbonyl (C=O) groups excluding carboxylic acids is 1.